The molecule has 0 saturated heterocycles. The number of amides is 11. The number of primary amides is 4. The number of rotatable bonds is 24. The van der Waals surface area contributed by atoms with Gasteiger partial charge in [0, 0.05) is 48.4 Å². The van der Waals surface area contributed by atoms with Gasteiger partial charge in [-0.2, -0.15) is 0 Å². The first-order valence-electron chi connectivity index (χ1n) is 33.9. The van der Waals surface area contributed by atoms with Gasteiger partial charge in [-0.25, -0.2) is 15.5 Å². The Morgan fingerprint density at radius 3 is 1.86 bits per heavy atom. The second kappa shape index (κ2) is 40.6. The number of hydrogen-bond acceptors (Lipinski definition) is 18. The van der Waals surface area contributed by atoms with Crippen molar-refractivity contribution >= 4 is 93.4 Å². The van der Waals surface area contributed by atoms with Gasteiger partial charge in [0.2, 0.25) is 76.5 Å². The molecule has 556 valence electrons. The smallest absolute Gasteiger partial charge is 0.243 e. The van der Waals surface area contributed by atoms with Crippen molar-refractivity contribution in [2.24, 2.45) is 62.6 Å². The van der Waals surface area contributed by atoms with Crippen LogP contribution in [0.25, 0.3) is 10.9 Å². The zero-order valence-corrected chi connectivity index (χ0v) is 58.5. The van der Waals surface area contributed by atoms with Crippen LogP contribution in [0, 0.1) is 23.2 Å². The van der Waals surface area contributed by atoms with Crippen molar-refractivity contribution in [3.05, 3.63) is 47.9 Å². The van der Waals surface area contributed by atoms with Gasteiger partial charge < -0.3 is 76.6 Å². The molecule has 11 amide bonds. The lowest BCUT2D eigenvalue weighted by Crippen LogP contribution is -2.65. The first-order valence-corrected chi connectivity index (χ1v) is 33.9. The summed E-state index contributed by atoms with van der Waals surface area (Å²) in [4.78, 5) is 188. The molecule has 0 radical (unpaired) electrons. The Hall–Kier alpha value is -9.40. The molecule has 0 bridgehead atoms. The van der Waals surface area contributed by atoms with Gasteiger partial charge in [0.05, 0.1) is 36.8 Å². The van der Waals surface area contributed by atoms with Crippen LogP contribution in [0.3, 0.4) is 0 Å². The van der Waals surface area contributed by atoms with Crippen LogP contribution in [-0.2, 0) is 81.7 Å². The first-order chi connectivity index (χ1) is 46.5. The van der Waals surface area contributed by atoms with E-state index in [0.717, 1.165) is 0 Å². The molecular formula is C67H110N20O13. The lowest BCUT2D eigenvalue weighted by Gasteiger charge is -2.34. The van der Waals surface area contributed by atoms with Gasteiger partial charge in [-0.05, 0) is 107 Å². The molecule has 3 heterocycles. The quantitative estimate of drug-likeness (QED) is 0.0230. The molecule has 9 atom stereocenters. The van der Waals surface area contributed by atoms with Crippen molar-refractivity contribution in [3.8, 4) is 0 Å². The van der Waals surface area contributed by atoms with E-state index in [1.54, 1.807) is 90.7 Å². The number of aromatic amines is 1. The number of carbonyl (C=O) groups is 13. The number of carbonyl (C=O) groups excluding carboxylic acids is 13. The van der Waals surface area contributed by atoms with Gasteiger partial charge in [-0.1, -0.05) is 105 Å². The van der Waals surface area contributed by atoms with Gasteiger partial charge in [0.1, 0.15) is 41.8 Å². The van der Waals surface area contributed by atoms with Crippen LogP contribution in [0.5, 0.6) is 0 Å². The molecular weight excluding hydrogens is 1290 g/mol. The molecule has 1 aliphatic rings. The minimum absolute atomic E-state index is 0. The number of ketones is 2. The molecule has 1 aliphatic heterocycles. The highest BCUT2D eigenvalue weighted by molar-refractivity contribution is 6.41. The number of nitrogens with two attached hydrogens (primary N) is 6. The number of guanidine groups is 1. The van der Waals surface area contributed by atoms with E-state index in [2.05, 4.69) is 68.4 Å². The van der Waals surface area contributed by atoms with Gasteiger partial charge in [-0.3, -0.25) is 67.3 Å². The van der Waals surface area contributed by atoms with E-state index in [0.29, 0.717) is 60.8 Å². The van der Waals surface area contributed by atoms with Crippen molar-refractivity contribution in [1.82, 2.24) is 68.0 Å². The number of H-pyrrole nitrogens is 1. The maximum absolute atomic E-state index is 15.1. The topological polar surface area (TPSA) is 545 Å². The monoisotopic (exact) mass is 1400 g/mol. The fraction of sp³-hybridized carbons (Fsp3) is 0.642. The highest BCUT2D eigenvalue weighted by Gasteiger charge is 2.41. The molecule has 3 aromatic rings. The van der Waals surface area contributed by atoms with Gasteiger partial charge >= 0.3 is 0 Å². The molecule has 0 saturated carbocycles. The molecule has 100 heavy (non-hydrogen) atoms. The second-order valence-corrected chi connectivity index (χ2v) is 27.7. The molecule has 2 aromatic heterocycles. The molecule has 0 spiro atoms. The van der Waals surface area contributed by atoms with Crippen LogP contribution in [0.1, 0.15) is 184 Å². The third kappa shape index (κ3) is 28.1. The van der Waals surface area contributed by atoms with Crippen molar-refractivity contribution in [2.45, 2.75) is 246 Å². The predicted molar refractivity (Wildman–Crippen MR) is 374 cm³/mol. The summed E-state index contributed by atoms with van der Waals surface area (Å²) < 4.78 is 1.71. The number of Topliss-reactive ketones (excluding diaryl/α,β-unsaturated/α-hetero) is 2. The molecule has 4 rings (SSSR count). The van der Waals surface area contributed by atoms with E-state index in [-0.39, 0.29) is 102 Å². The SMILES string of the molecule is C.CC(C)CC1NC(=O)[C@H](CC(N)=O)NC(=O)C(C)(C)CCCCCCn2nncc2CCC[C@@](C)(C(=O)N[C@@H](CCC(N)=O)C(=O)N[C@@H](CC(N)=O)C(N)=O)NN[C@@H](CC(C)C)C(=O)C(=O)[C@H](CC(C)C)NC(=O)C(CCCN=C(N)N)NC(=O)[C@H](Cc2c[nH]c3ccccc23)NC1=O. The van der Waals surface area contributed by atoms with E-state index in [4.69, 9.17) is 34.4 Å². The number of fused-ring (bicyclic) bond motifs is 2. The molecule has 22 N–H and O–H groups in total. The van der Waals surface area contributed by atoms with E-state index < -0.39 is 155 Å². The highest BCUT2D eigenvalue weighted by atomic mass is 16.2. The van der Waals surface area contributed by atoms with Crippen LogP contribution in [-0.4, -0.2) is 163 Å². The van der Waals surface area contributed by atoms with E-state index in [9.17, 15) is 57.5 Å². The highest BCUT2D eigenvalue weighted by Crippen LogP contribution is 2.26. The van der Waals surface area contributed by atoms with Crippen molar-refractivity contribution in [1.29, 1.82) is 0 Å². The Labute approximate surface area is 584 Å². The van der Waals surface area contributed by atoms with Crippen LogP contribution < -0.4 is 82.5 Å². The van der Waals surface area contributed by atoms with Gasteiger partial charge in [-0.15, -0.1) is 5.10 Å². The molecule has 0 aliphatic carbocycles. The Bertz CT molecular complexity index is 3340. The first kappa shape index (κ1) is 84.8. The summed E-state index contributed by atoms with van der Waals surface area (Å²) in [6.07, 6.45) is 4.14. The lowest BCUT2D eigenvalue weighted by atomic mass is 9.85. The normalized spacial score (nSPS) is 22.3. The number of nitrogens with zero attached hydrogens (tertiary/aromatic N) is 4. The number of aryl methyl sites for hydroxylation is 2. The number of hydrazine groups is 1. The van der Waals surface area contributed by atoms with Crippen LogP contribution in [0.2, 0.25) is 0 Å². The van der Waals surface area contributed by atoms with Crippen molar-refractivity contribution in [3.63, 3.8) is 0 Å². The summed E-state index contributed by atoms with van der Waals surface area (Å²) in [7, 11) is 0. The van der Waals surface area contributed by atoms with Crippen LogP contribution >= 0.6 is 0 Å². The maximum atomic E-state index is 15.1. The predicted octanol–water partition coefficient (Wildman–Crippen LogP) is -0.602. The minimum Gasteiger partial charge on any atom is -0.370 e. The van der Waals surface area contributed by atoms with Crippen LogP contribution in [0.15, 0.2) is 41.7 Å². The van der Waals surface area contributed by atoms with E-state index >= 15 is 4.79 Å². The van der Waals surface area contributed by atoms with Gasteiger partial charge in [0.15, 0.2) is 5.96 Å². The summed E-state index contributed by atoms with van der Waals surface area (Å²) in [5, 5.41) is 27.8. The fourth-order valence-corrected chi connectivity index (χ4v) is 11.4. The number of hydrogen-bond donors (Lipinski definition) is 16. The molecule has 0 fully saturated rings. The second-order valence-electron chi connectivity index (χ2n) is 27.7. The van der Waals surface area contributed by atoms with E-state index in [1.165, 1.54) is 6.92 Å². The summed E-state index contributed by atoms with van der Waals surface area (Å²) in [5.74, 6) is -13.0. The third-order valence-corrected chi connectivity index (χ3v) is 17.0. The number of benzene rings is 1. The van der Waals surface area contributed by atoms with Crippen molar-refractivity contribution in [2.75, 3.05) is 6.54 Å². The standard InChI is InChI=1S/C66H106N20O13.CH4/c1-36(2)28-45-54(90)55(91)46(29-37(3)4)83-84-66(9,63(99)81-44(22-23-51(67)87)58(94)78-47(56(70)92)32-52(68)88)25-16-18-40-35-75-85-86(40)27-15-11-10-14-24-65(7,8)62(98)82-50(33-53(69)89)61(97)79-48(30-38(5)6)59(95)80-49(31-39-34-74-42-20-13-12-19-41(39)42)60(96)76-43(57(93)77-45)21-17-26-73-64(71)72;/h12-13,19-20,34-38,43-50,74,83-84H,10-11,14-18,21-33H2,1-9H3,(H2,67,87)(H2,68,88)(H2,69,89)(H2,70,92)(H,76,96)(H,77,93)(H,78,94)(H,79,97)(H,80,95)(H,81,99)(H,82,98)(H4,71,72,73);1H4/t43?,44-,45-,46-,47-,48?,49-,50-,66-;/m0./s1. The largest absolute Gasteiger partial charge is 0.370 e. The summed E-state index contributed by atoms with van der Waals surface area (Å²) in [6.45, 7) is 16.0. The molecule has 33 nitrogen and oxygen atoms in total. The maximum Gasteiger partial charge on any atom is 0.243 e. The molecule has 33 heteroatoms. The minimum atomic E-state index is -1.80. The Morgan fingerprint density at radius 2 is 1.23 bits per heavy atom. The average Bonchev–Trinajstić information content (AvgIpc) is 1.45. The Kier molecular flexibility index (Phi) is 34.4. The summed E-state index contributed by atoms with van der Waals surface area (Å²) in [6, 6.07) is -4.73. The number of aliphatic imine (C=N–C) groups is 1. The summed E-state index contributed by atoms with van der Waals surface area (Å²) >= 11 is 0. The summed E-state index contributed by atoms with van der Waals surface area (Å²) in [5.41, 5.74) is 38.3. The number of para-hydroxylation sites is 1. The zero-order chi connectivity index (χ0) is 73.9. The Morgan fingerprint density at radius 1 is 0.650 bits per heavy atom. The van der Waals surface area contributed by atoms with E-state index in [1.807, 2.05) is 6.07 Å². The lowest BCUT2D eigenvalue weighted by molar-refractivity contribution is -0.141. The third-order valence-electron chi connectivity index (χ3n) is 17.0. The molecule has 1 aromatic carbocycles. The van der Waals surface area contributed by atoms with Crippen molar-refractivity contribution < 1.29 is 62.3 Å². The Balaban J connectivity index is 0.0000260. The molecule has 2 unspecified atom stereocenters. The van der Waals surface area contributed by atoms with Crippen LogP contribution in [0.4, 0.5) is 0 Å². The number of aromatic nitrogens is 4. The zero-order valence-electron chi connectivity index (χ0n) is 58.5. The average molecular weight is 1400 g/mol. The number of nitrogens with one attached hydrogen (secondary N) is 10. The van der Waals surface area contributed by atoms with Gasteiger partial charge in [0.25, 0.3) is 0 Å². The fourth-order valence-electron chi connectivity index (χ4n) is 11.4.